The van der Waals surface area contributed by atoms with Gasteiger partial charge in [-0.2, -0.15) is 0 Å². The second kappa shape index (κ2) is 45.4. The van der Waals surface area contributed by atoms with Gasteiger partial charge in [0.2, 0.25) is 0 Å². The van der Waals surface area contributed by atoms with Crippen molar-refractivity contribution in [3.63, 3.8) is 0 Å². The predicted octanol–water partition coefficient (Wildman–Crippen LogP) is 10.1. The van der Waals surface area contributed by atoms with Crippen LogP contribution in [-0.2, 0) is 33.2 Å². The zero-order valence-corrected chi connectivity index (χ0v) is 45.2. The third kappa shape index (κ3) is 31.9. The highest BCUT2D eigenvalue weighted by Gasteiger charge is 2.47. The minimum Gasteiger partial charge on any atom is -0.457 e. The quantitative estimate of drug-likeness (QED) is 0.0172. The largest absolute Gasteiger partial charge is 0.457 e. The fourth-order valence-corrected chi connectivity index (χ4v) is 9.12. The second-order valence-electron chi connectivity index (χ2n) is 20.5. The average Bonchev–Trinajstić information content (AvgIpc) is 3.38. The van der Waals surface area contributed by atoms with Crippen LogP contribution in [0.1, 0.15) is 226 Å². The van der Waals surface area contributed by atoms with Gasteiger partial charge in [0.1, 0.15) is 54.9 Å². The van der Waals surface area contributed by atoms with Crippen LogP contribution in [0.15, 0.2) is 36.5 Å². The summed E-state index contributed by atoms with van der Waals surface area (Å²) in [7, 11) is 0. The lowest BCUT2D eigenvalue weighted by atomic mass is 9.98. The summed E-state index contributed by atoms with van der Waals surface area (Å²) in [5.41, 5.74) is 0. The van der Waals surface area contributed by atoms with E-state index in [9.17, 15) is 40.5 Å². The first-order valence-electron chi connectivity index (χ1n) is 29.1. The number of hydrogen-bond donors (Lipinski definition) is 7. The lowest BCUT2D eigenvalue weighted by Crippen LogP contribution is -2.61. The van der Waals surface area contributed by atoms with Crippen LogP contribution in [0.3, 0.4) is 0 Å². The normalized spacial score (nSPS) is 25.3. The van der Waals surface area contributed by atoms with Crippen molar-refractivity contribution in [1.29, 1.82) is 0 Å². The highest BCUT2D eigenvalue weighted by atomic mass is 16.7. The molecule has 14 heteroatoms. The van der Waals surface area contributed by atoms with E-state index in [1.54, 1.807) is 0 Å². The SMILES string of the molecule is CCCC/C=C\C/C=C\CCCCCCCCOCC(COC1OC(COC2OC(CO)C(O)C(O)C2O)C(O)C(O)C1O)OC(=O)CCCCCCCCCCCCC/C=C\CCCCCCCCCC. The molecule has 2 heterocycles. The summed E-state index contributed by atoms with van der Waals surface area (Å²) in [6.45, 7) is 3.65. The molecule has 14 nitrogen and oxygen atoms in total. The lowest BCUT2D eigenvalue weighted by molar-refractivity contribution is -0.332. The maximum absolute atomic E-state index is 13.1. The highest BCUT2D eigenvalue weighted by Crippen LogP contribution is 2.27. The Labute approximate surface area is 436 Å². The molecule has 0 aliphatic carbocycles. The van der Waals surface area contributed by atoms with Crippen LogP contribution in [0.25, 0.3) is 0 Å². The van der Waals surface area contributed by atoms with Crippen molar-refractivity contribution >= 4 is 5.97 Å². The van der Waals surface area contributed by atoms with Gasteiger partial charge >= 0.3 is 5.97 Å². The number of aliphatic hydroxyl groups excluding tert-OH is 7. The standard InChI is InChI=1S/C58H106O14/c1-3-5-7-9-11-13-15-17-19-20-21-22-23-24-25-26-27-29-31-33-35-37-39-41-50(60)70-47(44-67-42-40-38-36-34-32-30-28-18-16-14-12-10-8-6-4-2)45-68-57-56(66)54(64)52(62)49(72-57)46-69-58-55(65)53(63)51(61)48(43-59)71-58/h10,12,16,18,20-21,47-49,51-59,61-66H,3-9,11,13-15,17,19,22-46H2,1-2H3/b12-10-,18-16-,21-20-. The number of esters is 1. The van der Waals surface area contributed by atoms with E-state index in [1.165, 1.54) is 135 Å². The molecule has 0 amide bonds. The summed E-state index contributed by atoms with van der Waals surface area (Å²) in [5, 5.41) is 72.3. The molecule has 0 bridgehead atoms. The summed E-state index contributed by atoms with van der Waals surface area (Å²) < 4.78 is 34.4. The summed E-state index contributed by atoms with van der Waals surface area (Å²) in [4.78, 5) is 13.1. The van der Waals surface area contributed by atoms with Gasteiger partial charge in [-0.15, -0.1) is 0 Å². The minimum absolute atomic E-state index is 0.0555. The molecule has 0 radical (unpaired) electrons. The van der Waals surface area contributed by atoms with Gasteiger partial charge in [-0.25, -0.2) is 0 Å². The van der Waals surface area contributed by atoms with E-state index in [0.29, 0.717) is 13.0 Å². The molecular formula is C58H106O14. The molecule has 0 aromatic heterocycles. The monoisotopic (exact) mass is 1030 g/mol. The number of unbranched alkanes of at least 4 members (excludes halogenated alkanes) is 27. The molecule has 0 spiro atoms. The highest BCUT2D eigenvalue weighted by molar-refractivity contribution is 5.69. The molecule has 72 heavy (non-hydrogen) atoms. The van der Waals surface area contributed by atoms with Gasteiger partial charge in [0, 0.05) is 13.0 Å². The van der Waals surface area contributed by atoms with Crippen LogP contribution >= 0.6 is 0 Å². The molecule has 0 aromatic rings. The fraction of sp³-hybridized carbons (Fsp3) is 0.879. The minimum atomic E-state index is -1.71. The number of rotatable bonds is 47. The molecule has 422 valence electrons. The van der Waals surface area contributed by atoms with Crippen LogP contribution < -0.4 is 0 Å². The lowest BCUT2D eigenvalue weighted by Gasteiger charge is -2.42. The summed E-state index contributed by atoms with van der Waals surface area (Å²) in [6, 6.07) is 0. The van der Waals surface area contributed by atoms with Crippen LogP contribution in [0.5, 0.6) is 0 Å². The Hall–Kier alpha value is -1.79. The van der Waals surface area contributed by atoms with E-state index in [0.717, 1.165) is 64.2 Å². The molecule has 2 aliphatic heterocycles. The summed E-state index contributed by atoms with van der Waals surface area (Å²) in [5.74, 6) is -0.379. The van der Waals surface area contributed by atoms with E-state index in [-0.39, 0.29) is 25.6 Å². The Balaban J connectivity index is 1.70. The van der Waals surface area contributed by atoms with Crippen molar-refractivity contribution in [2.45, 2.75) is 293 Å². The Morgan fingerprint density at radius 3 is 1.39 bits per heavy atom. The summed E-state index contributed by atoms with van der Waals surface area (Å²) >= 11 is 0. The zero-order valence-electron chi connectivity index (χ0n) is 45.2. The molecular weight excluding hydrogens is 921 g/mol. The zero-order chi connectivity index (χ0) is 52.3. The van der Waals surface area contributed by atoms with Gasteiger partial charge in [0.05, 0.1) is 26.4 Å². The molecule has 2 aliphatic rings. The molecule has 11 atom stereocenters. The first-order valence-corrected chi connectivity index (χ1v) is 29.1. The van der Waals surface area contributed by atoms with Crippen molar-refractivity contribution in [2.24, 2.45) is 0 Å². The summed E-state index contributed by atoms with van der Waals surface area (Å²) in [6.07, 6.45) is 36.3. The molecule has 2 saturated heterocycles. The molecule has 2 rings (SSSR count). The van der Waals surface area contributed by atoms with Crippen molar-refractivity contribution in [2.75, 3.05) is 33.0 Å². The number of ether oxygens (including phenoxy) is 6. The third-order valence-corrected chi connectivity index (χ3v) is 13.9. The van der Waals surface area contributed by atoms with Gasteiger partial charge in [0.25, 0.3) is 0 Å². The molecule has 0 aromatic carbocycles. The van der Waals surface area contributed by atoms with E-state index in [2.05, 4.69) is 50.3 Å². The topological polar surface area (TPSA) is 214 Å². The van der Waals surface area contributed by atoms with Crippen molar-refractivity contribution < 1.29 is 69.0 Å². The Kier molecular flexibility index (Phi) is 41.8. The predicted molar refractivity (Wildman–Crippen MR) is 284 cm³/mol. The van der Waals surface area contributed by atoms with Crippen molar-refractivity contribution in [3.8, 4) is 0 Å². The van der Waals surface area contributed by atoms with Gasteiger partial charge in [-0.05, 0) is 64.2 Å². The average molecular weight is 1030 g/mol. The fourth-order valence-electron chi connectivity index (χ4n) is 9.12. The van der Waals surface area contributed by atoms with Gasteiger partial charge in [-0.3, -0.25) is 4.79 Å². The molecule has 0 saturated carbocycles. The number of aliphatic hydroxyl groups is 7. The number of hydrogen-bond acceptors (Lipinski definition) is 14. The van der Waals surface area contributed by atoms with E-state index < -0.39 is 80.7 Å². The maximum atomic E-state index is 13.1. The number of carbonyl (C=O) groups is 1. The van der Waals surface area contributed by atoms with E-state index >= 15 is 0 Å². The third-order valence-electron chi connectivity index (χ3n) is 13.9. The second-order valence-corrected chi connectivity index (χ2v) is 20.5. The first kappa shape index (κ1) is 66.3. The van der Waals surface area contributed by atoms with Crippen LogP contribution in [0, 0.1) is 0 Å². The van der Waals surface area contributed by atoms with Crippen molar-refractivity contribution in [3.05, 3.63) is 36.5 Å². The van der Waals surface area contributed by atoms with E-state index in [1.807, 2.05) is 0 Å². The smallest absolute Gasteiger partial charge is 0.306 e. The number of allylic oxidation sites excluding steroid dienone is 6. The Morgan fingerprint density at radius 1 is 0.458 bits per heavy atom. The van der Waals surface area contributed by atoms with E-state index in [4.69, 9.17) is 28.4 Å². The van der Waals surface area contributed by atoms with Gasteiger partial charge in [0.15, 0.2) is 12.6 Å². The maximum Gasteiger partial charge on any atom is 0.306 e. The number of carbonyl (C=O) groups excluding carboxylic acids is 1. The van der Waals surface area contributed by atoms with Crippen LogP contribution in [-0.4, -0.2) is 142 Å². The van der Waals surface area contributed by atoms with Crippen molar-refractivity contribution in [1.82, 2.24) is 0 Å². The van der Waals surface area contributed by atoms with Gasteiger partial charge in [-0.1, -0.05) is 192 Å². The molecule has 11 unspecified atom stereocenters. The first-order chi connectivity index (χ1) is 35.1. The molecule has 2 fully saturated rings. The molecule has 7 N–H and O–H groups in total. The Morgan fingerprint density at radius 2 is 0.875 bits per heavy atom. The Bertz CT molecular complexity index is 1330. The van der Waals surface area contributed by atoms with Crippen LogP contribution in [0.4, 0.5) is 0 Å². The van der Waals surface area contributed by atoms with Crippen LogP contribution in [0.2, 0.25) is 0 Å². The van der Waals surface area contributed by atoms with Gasteiger partial charge < -0.3 is 64.2 Å².